The van der Waals surface area contributed by atoms with E-state index in [1.165, 1.54) is 14.0 Å². The van der Waals surface area contributed by atoms with Crippen LogP contribution in [0.4, 0.5) is 0 Å². The maximum absolute atomic E-state index is 11.3. The molecule has 19 heavy (non-hydrogen) atoms. The second-order valence-electron chi connectivity index (χ2n) is 4.25. The summed E-state index contributed by atoms with van der Waals surface area (Å²) in [5.74, 6) is -1.14. The number of nitrogens with one attached hydrogen (secondary N) is 1. The topological polar surface area (TPSA) is 95.9 Å². The zero-order valence-electron chi connectivity index (χ0n) is 10.8. The summed E-state index contributed by atoms with van der Waals surface area (Å²) in [5.41, 5.74) is -1.04. The molecule has 0 saturated heterocycles. The molecule has 0 aliphatic heterocycles. The highest BCUT2D eigenvalue weighted by Crippen LogP contribution is 2.17. The van der Waals surface area contributed by atoms with Crippen LogP contribution in [0.2, 0.25) is 0 Å². The number of aliphatic carboxylic acids is 1. The zero-order valence-corrected chi connectivity index (χ0v) is 10.8. The fourth-order valence-corrected chi connectivity index (χ4v) is 1.77. The number of hydrogen-bond donors (Lipinski definition) is 3. The molecule has 0 aromatic heterocycles. The number of benzene rings is 1. The standard InChI is InChI=1S/C13H17NO5/c1-9(16)14-13(8-15,12(17)18)7-10-3-5-11(19-2)6-4-10/h3-6,15H,7-8H2,1-2H3,(H,14,16)(H,17,18)/t13-/m1/s1. The molecule has 1 aromatic rings. The predicted molar refractivity (Wildman–Crippen MR) is 68.0 cm³/mol. The summed E-state index contributed by atoms with van der Waals surface area (Å²) >= 11 is 0. The van der Waals surface area contributed by atoms with Gasteiger partial charge in [0.05, 0.1) is 13.7 Å². The molecule has 6 heteroatoms. The van der Waals surface area contributed by atoms with E-state index >= 15 is 0 Å². The van der Waals surface area contributed by atoms with Crippen molar-refractivity contribution in [2.75, 3.05) is 13.7 Å². The van der Waals surface area contributed by atoms with E-state index in [1.54, 1.807) is 24.3 Å². The predicted octanol–water partition coefficient (Wildman–Crippen LogP) is 0.189. The van der Waals surface area contributed by atoms with E-state index in [9.17, 15) is 19.8 Å². The Balaban J connectivity index is 2.98. The summed E-state index contributed by atoms with van der Waals surface area (Å²) in [4.78, 5) is 22.4. The number of carbonyl (C=O) groups is 2. The molecule has 6 nitrogen and oxygen atoms in total. The van der Waals surface area contributed by atoms with Crippen LogP contribution in [0.3, 0.4) is 0 Å². The molecule has 3 N–H and O–H groups in total. The molecular formula is C13H17NO5. The van der Waals surface area contributed by atoms with Crippen molar-refractivity contribution in [3.63, 3.8) is 0 Å². The summed E-state index contributed by atoms with van der Waals surface area (Å²) < 4.78 is 5.00. The number of aliphatic hydroxyl groups excluding tert-OH is 1. The van der Waals surface area contributed by atoms with Crippen LogP contribution in [0.1, 0.15) is 12.5 Å². The Morgan fingerprint density at radius 3 is 2.26 bits per heavy atom. The largest absolute Gasteiger partial charge is 0.497 e. The van der Waals surface area contributed by atoms with Gasteiger partial charge in [-0.2, -0.15) is 0 Å². The van der Waals surface area contributed by atoms with Crippen LogP contribution in [0.15, 0.2) is 24.3 Å². The molecule has 1 aromatic carbocycles. The Kier molecular flexibility index (Phi) is 4.88. The molecule has 0 spiro atoms. The highest BCUT2D eigenvalue weighted by molar-refractivity contribution is 5.86. The van der Waals surface area contributed by atoms with Gasteiger partial charge in [0.1, 0.15) is 5.75 Å². The van der Waals surface area contributed by atoms with Gasteiger partial charge in [0.15, 0.2) is 5.54 Å². The zero-order chi connectivity index (χ0) is 14.5. The first-order valence-corrected chi connectivity index (χ1v) is 5.69. The smallest absolute Gasteiger partial charge is 0.332 e. The van der Waals surface area contributed by atoms with E-state index < -0.39 is 24.0 Å². The van der Waals surface area contributed by atoms with Gasteiger partial charge in [-0.3, -0.25) is 4.79 Å². The molecule has 0 bridgehead atoms. The Hall–Kier alpha value is -2.08. The fourth-order valence-electron chi connectivity index (χ4n) is 1.77. The van der Waals surface area contributed by atoms with E-state index in [-0.39, 0.29) is 6.42 Å². The number of hydrogen-bond acceptors (Lipinski definition) is 4. The highest BCUT2D eigenvalue weighted by atomic mass is 16.5. The second-order valence-corrected chi connectivity index (χ2v) is 4.25. The number of methoxy groups -OCH3 is 1. The first-order valence-electron chi connectivity index (χ1n) is 5.69. The van der Waals surface area contributed by atoms with Gasteiger partial charge in [-0.15, -0.1) is 0 Å². The summed E-state index contributed by atoms with van der Waals surface area (Å²) in [7, 11) is 1.53. The van der Waals surface area contributed by atoms with Gasteiger partial charge in [0, 0.05) is 13.3 Å². The van der Waals surface area contributed by atoms with Gasteiger partial charge in [0.25, 0.3) is 0 Å². The van der Waals surface area contributed by atoms with Crippen LogP contribution in [0.5, 0.6) is 5.75 Å². The van der Waals surface area contributed by atoms with Crippen molar-refractivity contribution < 1.29 is 24.5 Å². The molecule has 1 rings (SSSR count). The van der Waals surface area contributed by atoms with Crippen LogP contribution in [0.25, 0.3) is 0 Å². The molecule has 0 fully saturated rings. The molecule has 1 atom stereocenters. The third-order valence-electron chi connectivity index (χ3n) is 2.76. The Morgan fingerprint density at radius 1 is 1.32 bits per heavy atom. The van der Waals surface area contributed by atoms with E-state index in [0.717, 1.165) is 0 Å². The van der Waals surface area contributed by atoms with Crippen LogP contribution >= 0.6 is 0 Å². The maximum Gasteiger partial charge on any atom is 0.332 e. The number of carboxylic acid groups (broad SMARTS) is 1. The van der Waals surface area contributed by atoms with Crippen LogP contribution < -0.4 is 10.1 Å². The van der Waals surface area contributed by atoms with Crippen molar-refractivity contribution in [2.45, 2.75) is 18.9 Å². The second kappa shape index (κ2) is 6.19. The molecule has 104 valence electrons. The van der Waals surface area contributed by atoms with Crippen molar-refractivity contribution >= 4 is 11.9 Å². The van der Waals surface area contributed by atoms with Crippen molar-refractivity contribution in [2.24, 2.45) is 0 Å². The third-order valence-corrected chi connectivity index (χ3v) is 2.76. The number of rotatable bonds is 6. The minimum atomic E-state index is -1.71. The van der Waals surface area contributed by atoms with Gasteiger partial charge in [-0.1, -0.05) is 12.1 Å². The van der Waals surface area contributed by atoms with Crippen LogP contribution in [-0.4, -0.2) is 41.3 Å². The number of carbonyl (C=O) groups excluding carboxylic acids is 1. The molecule has 0 saturated carbocycles. The average molecular weight is 267 g/mol. The van der Waals surface area contributed by atoms with Gasteiger partial charge in [-0.05, 0) is 17.7 Å². The van der Waals surface area contributed by atoms with Crippen LogP contribution in [-0.2, 0) is 16.0 Å². The minimum absolute atomic E-state index is 0.0115. The summed E-state index contributed by atoms with van der Waals surface area (Å²) in [6, 6.07) is 6.75. The van der Waals surface area contributed by atoms with Crippen LogP contribution in [0, 0.1) is 0 Å². The van der Waals surface area contributed by atoms with E-state index in [0.29, 0.717) is 11.3 Å². The maximum atomic E-state index is 11.3. The molecule has 1 amide bonds. The van der Waals surface area contributed by atoms with Gasteiger partial charge in [-0.25, -0.2) is 4.79 Å². The molecule has 0 radical (unpaired) electrons. The van der Waals surface area contributed by atoms with Crippen molar-refractivity contribution in [1.29, 1.82) is 0 Å². The Labute approximate surface area is 111 Å². The molecule has 0 aliphatic rings. The normalized spacial score (nSPS) is 13.4. The lowest BCUT2D eigenvalue weighted by Crippen LogP contribution is -2.58. The first kappa shape index (κ1) is 15.0. The van der Waals surface area contributed by atoms with E-state index in [1.807, 2.05) is 0 Å². The van der Waals surface area contributed by atoms with Crippen molar-refractivity contribution in [3.05, 3.63) is 29.8 Å². The quantitative estimate of drug-likeness (QED) is 0.683. The Bertz CT molecular complexity index is 457. The lowest BCUT2D eigenvalue weighted by molar-refractivity contribution is -0.149. The van der Waals surface area contributed by atoms with Gasteiger partial charge in [0.2, 0.25) is 5.91 Å². The van der Waals surface area contributed by atoms with Gasteiger partial charge < -0.3 is 20.3 Å². The van der Waals surface area contributed by atoms with Gasteiger partial charge >= 0.3 is 5.97 Å². The van der Waals surface area contributed by atoms with E-state index in [4.69, 9.17) is 4.74 Å². The summed E-state index contributed by atoms with van der Waals surface area (Å²) in [5, 5.41) is 20.9. The van der Waals surface area contributed by atoms with Crippen molar-refractivity contribution in [3.8, 4) is 5.75 Å². The number of carboxylic acids is 1. The molecular weight excluding hydrogens is 250 g/mol. The van der Waals surface area contributed by atoms with E-state index in [2.05, 4.69) is 5.32 Å². The third kappa shape index (κ3) is 3.69. The summed E-state index contributed by atoms with van der Waals surface area (Å²) in [6.45, 7) is 0.523. The SMILES string of the molecule is COc1ccc(C[C@](CO)(NC(C)=O)C(=O)O)cc1. The molecule has 0 aliphatic carbocycles. The number of ether oxygens (including phenoxy) is 1. The first-order chi connectivity index (χ1) is 8.93. The fraction of sp³-hybridized carbons (Fsp3) is 0.385. The number of amides is 1. The Morgan fingerprint density at radius 2 is 1.89 bits per heavy atom. The lowest BCUT2D eigenvalue weighted by atomic mass is 9.91. The van der Waals surface area contributed by atoms with Crippen molar-refractivity contribution in [1.82, 2.24) is 5.32 Å². The monoisotopic (exact) mass is 267 g/mol. The molecule has 0 unspecified atom stereocenters. The average Bonchev–Trinajstić information content (AvgIpc) is 2.38. The highest BCUT2D eigenvalue weighted by Gasteiger charge is 2.39. The lowest BCUT2D eigenvalue weighted by Gasteiger charge is -2.28. The minimum Gasteiger partial charge on any atom is -0.497 e. The molecule has 0 heterocycles. The number of aliphatic hydroxyl groups is 1. The summed E-state index contributed by atoms with van der Waals surface area (Å²) in [6.07, 6.45) is -0.0115.